The van der Waals surface area contributed by atoms with Crippen LogP contribution in [-0.4, -0.2) is 55.6 Å². The van der Waals surface area contributed by atoms with Crippen molar-refractivity contribution >= 4 is 17.7 Å². The first-order valence-electron chi connectivity index (χ1n) is 6.40. The third-order valence-electron chi connectivity index (χ3n) is 3.62. The van der Waals surface area contributed by atoms with Crippen molar-refractivity contribution in [1.82, 2.24) is 19.7 Å². The molecule has 1 saturated heterocycles. The maximum atomic E-state index is 11.8. The van der Waals surface area contributed by atoms with Crippen LogP contribution in [0.5, 0.6) is 0 Å². The van der Waals surface area contributed by atoms with E-state index < -0.39 is 5.97 Å². The molecule has 8 heteroatoms. The van der Waals surface area contributed by atoms with E-state index in [1.54, 1.807) is 4.57 Å². The fraction of sp³-hybridized carbons (Fsp3) is 0.727. The summed E-state index contributed by atoms with van der Waals surface area (Å²) in [5.74, 6) is -0.985. The second-order valence-electron chi connectivity index (χ2n) is 5.03. The maximum Gasteiger partial charge on any atom is 0.344 e. The lowest BCUT2D eigenvalue weighted by Crippen LogP contribution is -2.28. The molecule has 0 bridgehead atoms. The molecule has 2 heterocycles. The largest absolute Gasteiger partial charge is 0.481 e. The highest BCUT2D eigenvalue weighted by molar-refractivity contribution is 7.99. The van der Waals surface area contributed by atoms with Gasteiger partial charge in [-0.25, -0.2) is 9.89 Å². The number of nitrogens with zero attached hydrogens (tertiary/aromatic N) is 3. The van der Waals surface area contributed by atoms with E-state index in [9.17, 15) is 9.59 Å². The standard InChI is InChI=1S/C11H16N4O3S/c16-9(17)6-19-11-13-12-10(18)15(11)8-3-4-14(5-8)7-1-2-7/h7-8H,1-6H2,(H,12,18)(H,16,17). The van der Waals surface area contributed by atoms with Crippen LogP contribution in [-0.2, 0) is 4.79 Å². The van der Waals surface area contributed by atoms with Crippen molar-refractivity contribution in [2.75, 3.05) is 18.8 Å². The molecule has 0 amide bonds. The minimum absolute atomic E-state index is 0.0800. The number of nitrogens with one attached hydrogen (secondary N) is 1. The average molecular weight is 284 g/mol. The van der Waals surface area contributed by atoms with Gasteiger partial charge in [0, 0.05) is 19.1 Å². The summed E-state index contributed by atoms with van der Waals surface area (Å²) in [5, 5.41) is 15.5. The number of aromatic amines is 1. The summed E-state index contributed by atoms with van der Waals surface area (Å²) in [5.41, 5.74) is -0.240. The Bertz CT molecular complexity index is 536. The predicted molar refractivity (Wildman–Crippen MR) is 69.5 cm³/mol. The van der Waals surface area contributed by atoms with E-state index in [0.717, 1.165) is 31.3 Å². The molecule has 1 aromatic heterocycles. The van der Waals surface area contributed by atoms with Gasteiger partial charge in [-0.05, 0) is 19.3 Å². The Hall–Kier alpha value is -1.28. The van der Waals surface area contributed by atoms with Crippen molar-refractivity contribution in [3.05, 3.63) is 10.5 Å². The average Bonchev–Trinajstić information content (AvgIpc) is 2.99. The zero-order chi connectivity index (χ0) is 13.4. The monoisotopic (exact) mass is 284 g/mol. The lowest BCUT2D eigenvalue weighted by Gasteiger charge is -2.15. The molecule has 7 nitrogen and oxygen atoms in total. The molecule has 1 saturated carbocycles. The van der Waals surface area contributed by atoms with Crippen molar-refractivity contribution in [3.8, 4) is 0 Å². The number of likely N-dealkylation sites (tertiary alicyclic amines) is 1. The van der Waals surface area contributed by atoms with E-state index in [-0.39, 0.29) is 17.5 Å². The molecule has 1 atom stereocenters. The third kappa shape index (κ3) is 2.69. The minimum atomic E-state index is -0.905. The molecule has 1 unspecified atom stereocenters. The molecule has 0 spiro atoms. The molecule has 0 radical (unpaired) electrons. The van der Waals surface area contributed by atoms with Crippen LogP contribution >= 0.6 is 11.8 Å². The summed E-state index contributed by atoms with van der Waals surface area (Å²) < 4.78 is 1.62. The fourth-order valence-electron chi connectivity index (χ4n) is 2.59. The summed E-state index contributed by atoms with van der Waals surface area (Å²) in [7, 11) is 0. The van der Waals surface area contributed by atoms with E-state index in [4.69, 9.17) is 5.11 Å². The summed E-state index contributed by atoms with van der Waals surface area (Å²) >= 11 is 1.09. The number of H-pyrrole nitrogens is 1. The molecule has 1 aliphatic heterocycles. The Kier molecular flexibility index (Phi) is 3.36. The molecular weight excluding hydrogens is 268 g/mol. The van der Waals surface area contributed by atoms with Crippen LogP contribution in [0.2, 0.25) is 0 Å². The van der Waals surface area contributed by atoms with E-state index in [1.807, 2.05) is 0 Å². The van der Waals surface area contributed by atoms with Crippen molar-refractivity contribution in [3.63, 3.8) is 0 Å². The highest BCUT2D eigenvalue weighted by atomic mass is 32.2. The Labute approximate surface area is 114 Å². The number of carboxylic acid groups (broad SMARTS) is 1. The van der Waals surface area contributed by atoms with E-state index in [0.29, 0.717) is 11.2 Å². The van der Waals surface area contributed by atoms with Gasteiger partial charge in [-0.3, -0.25) is 14.3 Å². The Balaban J connectivity index is 1.74. The first kappa shape index (κ1) is 12.7. The summed E-state index contributed by atoms with van der Waals surface area (Å²) in [6.07, 6.45) is 3.44. The van der Waals surface area contributed by atoms with Gasteiger partial charge in [0.05, 0.1) is 11.8 Å². The van der Waals surface area contributed by atoms with Crippen LogP contribution in [0.15, 0.2) is 9.95 Å². The van der Waals surface area contributed by atoms with Gasteiger partial charge >= 0.3 is 11.7 Å². The lowest BCUT2D eigenvalue weighted by atomic mass is 10.3. The van der Waals surface area contributed by atoms with Gasteiger partial charge < -0.3 is 5.11 Å². The third-order valence-corrected chi connectivity index (χ3v) is 4.56. The van der Waals surface area contributed by atoms with E-state index in [1.165, 1.54) is 12.8 Å². The van der Waals surface area contributed by atoms with Crippen LogP contribution in [0.4, 0.5) is 0 Å². The number of aliphatic carboxylic acids is 1. The van der Waals surface area contributed by atoms with Crippen LogP contribution in [0.3, 0.4) is 0 Å². The normalized spacial score (nSPS) is 23.9. The lowest BCUT2D eigenvalue weighted by molar-refractivity contribution is -0.133. The Morgan fingerprint density at radius 2 is 2.21 bits per heavy atom. The number of carbonyl (C=O) groups is 1. The quantitative estimate of drug-likeness (QED) is 0.748. The maximum absolute atomic E-state index is 11.8. The van der Waals surface area contributed by atoms with Crippen LogP contribution < -0.4 is 5.69 Å². The number of hydrogen-bond acceptors (Lipinski definition) is 5. The zero-order valence-corrected chi connectivity index (χ0v) is 11.2. The first-order chi connectivity index (χ1) is 9.15. The number of aromatic nitrogens is 3. The van der Waals surface area contributed by atoms with Crippen LogP contribution in [0, 0.1) is 0 Å². The Morgan fingerprint density at radius 3 is 2.89 bits per heavy atom. The fourth-order valence-corrected chi connectivity index (χ4v) is 3.32. The molecule has 3 rings (SSSR count). The second-order valence-corrected chi connectivity index (χ2v) is 5.97. The van der Waals surface area contributed by atoms with Crippen molar-refractivity contribution < 1.29 is 9.90 Å². The van der Waals surface area contributed by atoms with Crippen LogP contribution in [0.1, 0.15) is 25.3 Å². The number of carboxylic acids is 1. The zero-order valence-electron chi connectivity index (χ0n) is 10.4. The highest BCUT2D eigenvalue weighted by Crippen LogP contribution is 2.33. The molecule has 0 aromatic carbocycles. The SMILES string of the molecule is O=C(O)CSc1n[nH]c(=O)n1C1CCN(C2CC2)C1. The van der Waals surface area contributed by atoms with E-state index in [2.05, 4.69) is 15.1 Å². The first-order valence-corrected chi connectivity index (χ1v) is 7.39. The molecule has 1 aliphatic carbocycles. The predicted octanol–water partition coefficient (Wildman–Crippen LogP) is 0.157. The summed E-state index contributed by atoms with van der Waals surface area (Å²) in [6.45, 7) is 1.88. The van der Waals surface area contributed by atoms with Crippen molar-refractivity contribution in [2.24, 2.45) is 0 Å². The molecule has 19 heavy (non-hydrogen) atoms. The summed E-state index contributed by atoms with van der Waals surface area (Å²) in [6, 6.07) is 0.811. The molecular formula is C11H16N4O3S. The molecule has 104 valence electrons. The van der Waals surface area contributed by atoms with Gasteiger partial charge in [-0.15, -0.1) is 5.10 Å². The van der Waals surface area contributed by atoms with Gasteiger partial charge in [0.15, 0.2) is 5.16 Å². The second kappa shape index (κ2) is 5.01. The van der Waals surface area contributed by atoms with Gasteiger partial charge in [0.1, 0.15) is 0 Å². The molecule has 2 N–H and O–H groups in total. The van der Waals surface area contributed by atoms with E-state index >= 15 is 0 Å². The van der Waals surface area contributed by atoms with Gasteiger partial charge in [-0.1, -0.05) is 11.8 Å². The minimum Gasteiger partial charge on any atom is -0.481 e. The highest BCUT2D eigenvalue weighted by Gasteiger charge is 2.36. The van der Waals surface area contributed by atoms with Crippen LogP contribution in [0.25, 0.3) is 0 Å². The van der Waals surface area contributed by atoms with Gasteiger partial charge in [0.2, 0.25) is 0 Å². The topological polar surface area (TPSA) is 91.2 Å². The molecule has 2 fully saturated rings. The summed E-state index contributed by atoms with van der Waals surface area (Å²) in [4.78, 5) is 24.8. The number of thioether (sulfide) groups is 1. The molecule has 1 aromatic rings. The Morgan fingerprint density at radius 1 is 1.42 bits per heavy atom. The number of rotatable bonds is 5. The number of hydrogen-bond donors (Lipinski definition) is 2. The van der Waals surface area contributed by atoms with Gasteiger partial charge in [0.25, 0.3) is 0 Å². The molecule has 2 aliphatic rings. The van der Waals surface area contributed by atoms with Gasteiger partial charge in [-0.2, -0.15) is 0 Å². The van der Waals surface area contributed by atoms with Crippen molar-refractivity contribution in [2.45, 2.75) is 36.5 Å². The van der Waals surface area contributed by atoms with Crippen molar-refractivity contribution in [1.29, 1.82) is 0 Å². The smallest absolute Gasteiger partial charge is 0.344 e.